The van der Waals surface area contributed by atoms with Crippen LogP contribution in [-0.2, 0) is 5.41 Å². The molecule has 1 aromatic carbocycles. The fraction of sp³-hybridized carbons (Fsp3) is 0.300. The van der Waals surface area contributed by atoms with Crippen molar-refractivity contribution in [1.82, 2.24) is 5.43 Å². The van der Waals surface area contributed by atoms with Crippen LogP contribution < -0.4 is 10.3 Å². The molecule has 0 aliphatic carbocycles. The van der Waals surface area contributed by atoms with Crippen molar-refractivity contribution in [3.05, 3.63) is 64.8 Å². The second kappa shape index (κ2) is 6.24. The van der Waals surface area contributed by atoms with Gasteiger partial charge >= 0.3 is 0 Å². The highest BCUT2D eigenvalue weighted by Crippen LogP contribution is 2.46. The Morgan fingerprint density at radius 2 is 2.00 bits per heavy atom. The lowest BCUT2D eigenvalue weighted by atomic mass is 9.84. The van der Waals surface area contributed by atoms with Crippen molar-refractivity contribution in [3.8, 4) is 0 Å². The molecule has 2 aromatic rings. The van der Waals surface area contributed by atoms with E-state index < -0.39 is 0 Å². The smallest absolute Gasteiger partial charge is 0.274 e. The summed E-state index contributed by atoms with van der Waals surface area (Å²) in [4.78, 5) is 14.3. The number of fused-ring (bicyclic) bond motifs is 1. The van der Waals surface area contributed by atoms with Crippen LogP contribution in [0.25, 0.3) is 0 Å². The normalized spacial score (nSPS) is 17.3. The van der Waals surface area contributed by atoms with Crippen LogP contribution in [0.1, 0.15) is 41.3 Å². The number of para-hydroxylation sites is 1. The zero-order valence-corrected chi connectivity index (χ0v) is 15.3. The molecule has 25 heavy (non-hydrogen) atoms. The van der Waals surface area contributed by atoms with E-state index >= 15 is 0 Å². The Morgan fingerprint density at radius 3 is 2.64 bits per heavy atom. The summed E-state index contributed by atoms with van der Waals surface area (Å²) >= 11 is 0. The molecule has 0 spiro atoms. The summed E-state index contributed by atoms with van der Waals surface area (Å²) in [5.74, 6) is 1.03. The second-order valence-corrected chi connectivity index (χ2v) is 6.80. The van der Waals surface area contributed by atoms with Gasteiger partial charge in [-0.25, -0.2) is 5.43 Å². The van der Waals surface area contributed by atoms with E-state index in [0.717, 1.165) is 5.70 Å². The first-order valence-electron chi connectivity index (χ1n) is 8.27. The highest BCUT2D eigenvalue weighted by Gasteiger charge is 2.37. The highest BCUT2D eigenvalue weighted by atomic mass is 16.3. The van der Waals surface area contributed by atoms with E-state index in [4.69, 9.17) is 4.42 Å². The molecule has 0 unspecified atom stereocenters. The van der Waals surface area contributed by atoms with Gasteiger partial charge in [0.15, 0.2) is 0 Å². The van der Waals surface area contributed by atoms with Crippen molar-refractivity contribution in [2.24, 2.45) is 5.10 Å². The lowest BCUT2D eigenvalue weighted by Crippen LogP contribution is -2.23. The molecule has 130 valence electrons. The topological polar surface area (TPSA) is 57.8 Å². The Morgan fingerprint density at radius 1 is 1.28 bits per heavy atom. The van der Waals surface area contributed by atoms with Gasteiger partial charge in [0, 0.05) is 30.1 Å². The highest BCUT2D eigenvalue weighted by molar-refractivity contribution is 5.95. The number of aryl methyl sites for hydroxylation is 2. The van der Waals surface area contributed by atoms with Crippen LogP contribution in [0.15, 0.2) is 51.6 Å². The number of furan rings is 1. The molecule has 0 saturated carbocycles. The molecule has 1 aliphatic heterocycles. The van der Waals surface area contributed by atoms with E-state index in [1.807, 2.05) is 26.1 Å². The Kier molecular flexibility index (Phi) is 4.25. The Balaban J connectivity index is 1.75. The number of rotatable bonds is 3. The molecule has 1 amide bonds. The minimum atomic E-state index is -0.272. The predicted octanol–water partition coefficient (Wildman–Crippen LogP) is 3.92. The Bertz CT molecular complexity index is 875. The fourth-order valence-electron chi connectivity index (χ4n) is 3.42. The molecule has 5 heteroatoms. The maximum Gasteiger partial charge on any atom is 0.274 e. The number of anilines is 1. The lowest BCUT2D eigenvalue weighted by Gasteiger charge is -2.23. The average Bonchev–Trinajstić information content (AvgIpc) is 3.00. The van der Waals surface area contributed by atoms with Gasteiger partial charge < -0.3 is 9.32 Å². The third-order valence-corrected chi connectivity index (χ3v) is 4.70. The maximum atomic E-state index is 12.1. The van der Waals surface area contributed by atoms with Gasteiger partial charge in [-0.3, -0.25) is 4.79 Å². The van der Waals surface area contributed by atoms with Crippen molar-refractivity contribution in [2.75, 3.05) is 11.9 Å². The van der Waals surface area contributed by atoms with Crippen LogP contribution in [0.5, 0.6) is 0 Å². The molecule has 2 heterocycles. The van der Waals surface area contributed by atoms with Gasteiger partial charge in [0.25, 0.3) is 5.91 Å². The number of amides is 1. The molecule has 0 radical (unpaired) electrons. The standard InChI is InChI=1S/C20H23N3O2/c1-13-12-15(14(2)25-13)19(24)22-21-11-10-18-20(3,4)16-8-6-7-9-17(16)23(18)5/h6-12H,1-5H3,(H,22,24). The van der Waals surface area contributed by atoms with Crippen LogP contribution >= 0.6 is 0 Å². The minimum absolute atomic E-state index is 0.111. The summed E-state index contributed by atoms with van der Waals surface area (Å²) in [5.41, 5.74) is 6.55. The van der Waals surface area contributed by atoms with Crippen molar-refractivity contribution in [1.29, 1.82) is 0 Å². The van der Waals surface area contributed by atoms with Gasteiger partial charge in [-0.05, 0) is 37.6 Å². The molecule has 0 fully saturated rings. The average molecular weight is 337 g/mol. The van der Waals surface area contributed by atoms with E-state index in [2.05, 4.69) is 47.5 Å². The number of carbonyl (C=O) groups excluding carboxylic acids is 1. The molecule has 0 bridgehead atoms. The zero-order chi connectivity index (χ0) is 18.2. The number of nitrogens with zero attached hydrogens (tertiary/aromatic N) is 2. The fourth-order valence-corrected chi connectivity index (χ4v) is 3.42. The first-order chi connectivity index (χ1) is 11.8. The molecule has 1 N–H and O–H groups in total. The third kappa shape index (κ3) is 2.97. The third-order valence-electron chi connectivity index (χ3n) is 4.70. The molecular formula is C20H23N3O2. The zero-order valence-electron chi connectivity index (χ0n) is 15.3. The van der Waals surface area contributed by atoms with Crippen LogP contribution in [0.3, 0.4) is 0 Å². The summed E-state index contributed by atoms with van der Waals surface area (Å²) in [5, 5.41) is 4.06. The summed E-state index contributed by atoms with van der Waals surface area (Å²) < 4.78 is 5.37. The van der Waals surface area contributed by atoms with Crippen LogP contribution in [0, 0.1) is 13.8 Å². The number of allylic oxidation sites excluding steroid dienone is 2. The van der Waals surface area contributed by atoms with E-state index in [0.29, 0.717) is 17.1 Å². The van der Waals surface area contributed by atoms with Gasteiger partial charge in [0.2, 0.25) is 0 Å². The SMILES string of the molecule is Cc1cc(C(=O)NN=CC=C2N(C)c3ccccc3C2(C)C)c(C)o1. The van der Waals surface area contributed by atoms with Gasteiger partial charge in [0.05, 0.1) is 5.56 Å². The molecular weight excluding hydrogens is 314 g/mol. The number of carbonyl (C=O) groups is 1. The number of hydrogen-bond acceptors (Lipinski definition) is 4. The van der Waals surface area contributed by atoms with Crippen LogP contribution in [0.2, 0.25) is 0 Å². The monoisotopic (exact) mass is 337 g/mol. The minimum Gasteiger partial charge on any atom is -0.466 e. The van der Waals surface area contributed by atoms with Gasteiger partial charge in [-0.1, -0.05) is 32.0 Å². The summed E-state index contributed by atoms with van der Waals surface area (Å²) in [6, 6.07) is 10.1. The summed E-state index contributed by atoms with van der Waals surface area (Å²) in [7, 11) is 2.05. The predicted molar refractivity (Wildman–Crippen MR) is 100 cm³/mol. The number of nitrogens with one attached hydrogen (secondary N) is 1. The van der Waals surface area contributed by atoms with E-state index in [9.17, 15) is 4.79 Å². The molecule has 5 nitrogen and oxygen atoms in total. The molecule has 1 aliphatic rings. The molecule has 0 atom stereocenters. The largest absolute Gasteiger partial charge is 0.466 e. The van der Waals surface area contributed by atoms with Crippen molar-refractivity contribution >= 4 is 17.8 Å². The first kappa shape index (κ1) is 17.0. The molecule has 0 saturated heterocycles. The summed E-state index contributed by atoms with van der Waals surface area (Å²) in [6.07, 6.45) is 3.56. The van der Waals surface area contributed by atoms with Crippen LogP contribution in [0.4, 0.5) is 5.69 Å². The van der Waals surface area contributed by atoms with E-state index in [-0.39, 0.29) is 11.3 Å². The van der Waals surface area contributed by atoms with E-state index in [1.165, 1.54) is 11.3 Å². The van der Waals surface area contributed by atoms with E-state index in [1.54, 1.807) is 19.2 Å². The quantitative estimate of drug-likeness (QED) is 0.682. The first-order valence-corrected chi connectivity index (χ1v) is 8.27. The van der Waals surface area contributed by atoms with Gasteiger partial charge in [-0.2, -0.15) is 5.10 Å². The number of hydrogen-bond donors (Lipinski definition) is 1. The Hall–Kier alpha value is -2.82. The molecule has 1 aromatic heterocycles. The van der Waals surface area contributed by atoms with Crippen molar-refractivity contribution in [2.45, 2.75) is 33.1 Å². The van der Waals surface area contributed by atoms with Crippen molar-refractivity contribution < 1.29 is 9.21 Å². The lowest BCUT2D eigenvalue weighted by molar-refractivity contribution is 0.0953. The number of likely N-dealkylation sites (N-methyl/N-ethyl adjacent to an activating group) is 1. The summed E-state index contributed by atoms with van der Waals surface area (Å²) in [6.45, 7) is 7.95. The van der Waals surface area contributed by atoms with Gasteiger partial charge in [-0.15, -0.1) is 0 Å². The second-order valence-electron chi connectivity index (χ2n) is 6.80. The molecule has 3 rings (SSSR count). The van der Waals surface area contributed by atoms with Gasteiger partial charge in [0.1, 0.15) is 11.5 Å². The van der Waals surface area contributed by atoms with Crippen molar-refractivity contribution in [3.63, 3.8) is 0 Å². The number of hydrazone groups is 1. The Labute approximate surface area is 148 Å². The number of benzene rings is 1. The maximum absolute atomic E-state index is 12.1. The van der Waals surface area contributed by atoms with Crippen LogP contribution in [-0.4, -0.2) is 19.2 Å².